The molecule has 4 aromatic rings. The van der Waals surface area contributed by atoms with E-state index in [-0.39, 0.29) is 28.4 Å². The lowest BCUT2D eigenvalue weighted by Gasteiger charge is -2.19. The maximum absolute atomic E-state index is 12.0. The third-order valence-electron chi connectivity index (χ3n) is 6.29. The van der Waals surface area contributed by atoms with Crippen LogP contribution in [0.25, 0.3) is 0 Å². The number of carbonyl (C=O) groups excluding carboxylic acids is 1. The SMILES string of the molecule is CN(C)c1cccc([S+](c2ccc(OCC(=O)OC(C)(C)C)cc2)c2cccc(N(C)C)c2)c1.Cc1ccc(S(=O)(=O)[O-])cc1. The summed E-state index contributed by atoms with van der Waals surface area (Å²) < 4.78 is 42.2. The molecule has 240 valence electrons. The van der Waals surface area contributed by atoms with Crippen molar-refractivity contribution in [3.05, 3.63) is 103 Å². The van der Waals surface area contributed by atoms with Crippen molar-refractivity contribution < 1.29 is 27.2 Å². The fourth-order valence-corrected chi connectivity index (χ4v) is 6.68. The summed E-state index contributed by atoms with van der Waals surface area (Å²) in [6.45, 7) is 7.24. The van der Waals surface area contributed by atoms with Crippen molar-refractivity contribution in [3.63, 3.8) is 0 Å². The molecule has 0 saturated carbocycles. The van der Waals surface area contributed by atoms with Crippen LogP contribution in [0.15, 0.2) is 117 Å². The Morgan fingerprint density at radius 2 is 1.24 bits per heavy atom. The number of carbonyl (C=O) groups is 1. The predicted octanol–water partition coefficient (Wildman–Crippen LogP) is 6.53. The minimum absolute atomic E-state index is 0.113. The van der Waals surface area contributed by atoms with Gasteiger partial charge in [-0.05, 0) is 88.4 Å². The Morgan fingerprint density at radius 1 is 0.756 bits per heavy atom. The number of anilines is 2. The van der Waals surface area contributed by atoms with Crippen LogP contribution < -0.4 is 14.5 Å². The topological polar surface area (TPSA) is 99.2 Å². The van der Waals surface area contributed by atoms with Crippen molar-refractivity contribution in [2.24, 2.45) is 0 Å². The number of hydrogen-bond acceptors (Lipinski definition) is 8. The van der Waals surface area contributed by atoms with Gasteiger partial charge in [0.2, 0.25) is 0 Å². The molecule has 0 aliphatic carbocycles. The first-order valence-electron chi connectivity index (χ1n) is 14.3. The first-order chi connectivity index (χ1) is 21.0. The second kappa shape index (κ2) is 15.3. The van der Waals surface area contributed by atoms with Gasteiger partial charge in [0.1, 0.15) is 21.5 Å². The van der Waals surface area contributed by atoms with E-state index in [1.807, 2.05) is 39.8 Å². The molecule has 0 N–H and O–H groups in total. The molecule has 0 aromatic heterocycles. The van der Waals surface area contributed by atoms with Gasteiger partial charge in [-0.2, -0.15) is 0 Å². The Bertz CT molecular complexity index is 1610. The van der Waals surface area contributed by atoms with E-state index in [1.54, 1.807) is 12.1 Å². The van der Waals surface area contributed by atoms with Crippen LogP contribution in [-0.4, -0.2) is 59.3 Å². The highest BCUT2D eigenvalue weighted by atomic mass is 32.2. The molecule has 10 heteroatoms. The van der Waals surface area contributed by atoms with Crippen LogP contribution in [0.5, 0.6) is 5.75 Å². The summed E-state index contributed by atoms with van der Waals surface area (Å²) in [5.74, 6) is 0.263. The average Bonchev–Trinajstić information content (AvgIpc) is 2.96. The molecule has 0 spiro atoms. The van der Waals surface area contributed by atoms with E-state index in [4.69, 9.17) is 9.47 Å². The van der Waals surface area contributed by atoms with Crippen molar-refractivity contribution in [1.82, 2.24) is 0 Å². The molecule has 0 saturated heterocycles. The van der Waals surface area contributed by atoms with Crippen LogP contribution in [0.4, 0.5) is 11.4 Å². The van der Waals surface area contributed by atoms with Crippen LogP contribution in [-0.2, 0) is 30.5 Å². The van der Waals surface area contributed by atoms with Gasteiger partial charge in [0, 0.05) is 51.7 Å². The number of rotatable bonds is 9. The monoisotopic (exact) mass is 650 g/mol. The molecule has 0 radical (unpaired) electrons. The molecular formula is C35H42N2O6S2. The molecule has 0 aliphatic heterocycles. The Kier molecular flexibility index (Phi) is 12.1. The molecule has 0 heterocycles. The number of benzene rings is 4. The third-order valence-corrected chi connectivity index (χ3v) is 9.33. The summed E-state index contributed by atoms with van der Waals surface area (Å²) >= 11 is 0. The molecule has 8 nitrogen and oxygen atoms in total. The average molecular weight is 651 g/mol. The Balaban J connectivity index is 0.000000423. The van der Waals surface area contributed by atoms with Crippen LogP contribution in [0, 0.1) is 6.92 Å². The van der Waals surface area contributed by atoms with E-state index in [1.165, 1.54) is 26.8 Å². The van der Waals surface area contributed by atoms with Crippen LogP contribution in [0.1, 0.15) is 26.3 Å². The summed E-state index contributed by atoms with van der Waals surface area (Å²) in [5.41, 5.74) is 2.73. The van der Waals surface area contributed by atoms with Crippen LogP contribution >= 0.6 is 0 Å². The molecule has 4 aromatic carbocycles. The van der Waals surface area contributed by atoms with Crippen molar-refractivity contribution in [1.29, 1.82) is 0 Å². The molecule has 0 bridgehead atoms. The second-order valence-corrected chi connectivity index (χ2v) is 15.1. The van der Waals surface area contributed by atoms with Gasteiger partial charge in [-0.1, -0.05) is 29.8 Å². The quantitative estimate of drug-likeness (QED) is 0.115. The third kappa shape index (κ3) is 11.1. The molecule has 0 unspecified atom stereocenters. The van der Waals surface area contributed by atoms with E-state index in [9.17, 15) is 17.8 Å². The highest BCUT2D eigenvalue weighted by Gasteiger charge is 2.30. The van der Waals surface area contributed by atoms with Gasteiger partial charge in [-0.15, -0.1) is 0 Å². The second-order valence-electron chi connectivity index (χ2n) is 11.7. The highest BCUT2D eigenvalue weighted by molar-refractivity contribution is 7.97. The smallest absolute Gasteiger partial charge is 0.344 e. The van der Waals surface area contributed by atoms with Gasteiger partial charge < -0.3 is 23.8 Å². The maximum Gasteiger partial charge on any atom is 0.344 e. The van der Waals surface area contributed by atoms with Crippen LogP contribution in [0.3, 0.4) is 0 Å². The highest BCUT2D eigenvalue weighted by Crippen LogP contribution is 2.35. The van der Waals surface area contributed by atoms with Crippen molar-refractivity contribution in [3.8, 4) is 5.75 Å². The number of esters is 1. The molecule has 4 rings (SSSR count). The van der Waals surface area contributed by atoms with Gasteiger partial charge in [0.15, 0.2) is 21.3 Å². The zero-order valence-electron chi connectivity index (χ0n) is 27.1. The lowest BCUT2D eigenvalue weighted by molar-refractivity contribution is -0.157. The first-order valence-corrected chi connectivity index (χ1v) is 16.9. The molecule has 0 atom stereocenters. The molecule has 45 heavy (non-hydrogen) atoms. The fourth-order valence-electron chi connectivity index (χ4n) is 4.08. The zero-order chi connectivity index (χ0) is 33.4. The lowest BCUT2D eigenvalue weighted by Crippen LogP contribution is -2.27. The van der Waals surface area contributed by atoms with E-state index in [2.05, 4.69) is 98.7 Å². The zero-order valence-corrected chi connectivity index (χ0v) is 28.7. The maximum atomic E-state index is 12.0. The summed E-state index contributed by atoms with van der Waals surface area (Å²) in [4.78, 5) is 19.7. The Hall–Kier alpha value is -3.99. The summed E-state index contributed by atoms with van der Waals surface area (Å²) in [7, 11) is 3.65. The van der Waals surface area contributed by atoms with E-state index in [0.717, 1.165) is 16.9 Å². The normalized spacial score (nSPS) is 11.3. The number of hydrogen-bond donors (Lipinski definition) is 0. The number of nitrogens with zero attached hydrogens (tertiary/aromatic N) is 2. The fraction of sp³-hybridized carbons (Fsp3) is 0.286. The van der Waals surface area contributed by atoms with Crippen molar-refractivity contribution in [2.45, 2.75) is 52.9 Å². The molecule has 0 fully saturated rings. The summed E-state index contributed by atoms with van der Waals surface area (Å²) in [6.07, 6.45) is 0. The van der Waals surface area contributed by atoms with E-state index in [0.29, 0.717) is 5.75 Å². The summed E-state index contributed by atoms with van der Waals surface area (Å²) in [5, 5.41) is 0. The Labute approximate surface area is 270 Å². The van der Waals surface area contributed by atoms with Crippen LogP contribution in [0.2, 0.25) is 0 Å². The number of aryl methyl sites for hydroxylation is 1. The van der Waals surface area contributed by atoms with Crippen molar-refractivity contribution >= 4 is 38.4 Å². The molecular weight excluding hydrogens is 609 g/mol. The standard InChI is InChI=1S/C28H35N2O3S.C7H8O3S/c1-28(2,3)33-27(31)20-32-23-14-16-24(17-15-23)34(25-12-8-10-21(18-25)29(4)5)26-13-9-11-22(19-26)30(6)7;1-6-2-4-7(5-3-6)11(8,9)10/h8-19H,20H2,1-7H3;2-5H,1H3,(H,8,9,10)/q+1;/p-1. The largest absolute Gasteiger partial charge is 0.744 e. The van der Waals surface area contributed by atoms with E-state index >= 15 is 0 Å². The van der Waals surface area contributed by atoms with Gasteiger partial charge in [-0.25, -0.2) is 13.2 Å². The Morgan fingerprint density at radius 3 is 1.67 bits per heavy atom. The minimum atomic E-state index is -4.27. The summed E-state index contributed by atoms with van der Waals surface area (Å²) in [6, 6.07) is 31.1. The van der Waals surface area contributed by atoms with Gasteiger partial charge >= 0.3 is 5.97 Å². The van der Waals surface area contributed by atoms with Gasteiger partial charge in [-0.3, -0.25) is 0 Å². The predicted molar refractivity (Wildman–Crippen MR) is 181 cm³/mol. The van der Waals surface area contributed by atoms with Gasteiger partial charge in [0.05, 0.1) is 15.8 Å². The number of ether oxygens (including phenoxy) is 2. The molecule has 0 aliphatic rings. The van der Waals surface area contributed by atoms with Crippen molar-refractivity contribution in [2.75, 3.05) is 44.6 Å². The lowest BCUT2D eigenvalue weighted by atomic mass is 10.2. The van der Waals surface area contributed by atoms with Gasteiger partial charge in [0.25, 0.3) is 0 Å². The molecule has 0 amide bonds. The minimum Gasteiger partial charge on any atom is -0.744 e. The van der Waals surface area contributed by atoms with E-state index < -0.39 is 15.7 Å². The first kappa shape index (κ1) is 35.5.